The van der Waals surface area contributed by atoms with Crippen molar-refractivity contribution in [3.8, 4) is 0 Å². The van der Waals surface area contributed by atoms with E-state index in [1.54, 1.807) is 30.3 Å². The molecular weight excluding hydrogens is 264 g/mol. The van der Waals surface area contributed by atoms with Crippen LogP contribution in [-0.4, -0.2) is 30.1 Å². The number of aliphatic carboxylic acids is 1. The van der Waals surface area contributed by atoms with Gasteiger partial charge < -0.3 is 14.6 Å². The number of hydrogen-bond donors (Lipinski definition) is 1. The molecule has 1 rings (SSSR count). The van der Waals surface area contributed by atoms with Crippen molar-refractivity contribution in [2.45, 2.75) is 25.4 Å². The van der Waals surface area contributed by atoms with Crippen molar-refractivity contribution in [3.05, 3.63) is 35.9 Å². The Bertz CT molecular complexity index is 468. The SMILES string of the molecule is COC(=O)C(OC(=O)CCCC(=O)O)c1ccccc1. The van der Waals surface area contributed by atoms with Crippen LogP contribution in [-0.2, 0) is 23.9 Å². The van der Waals surface area contributed by atoms with E-state index in [9.17, 15) is 14.4 Å². The number of carbonyl (C=O) groups excluding carboxylic acids is 2. The van der Waals surface area contributed by atoms with Gasteiger partial charge in [-0.25, -0.2) is 4.79 Å². The highest BCUT2D eigenvalue weighted by molar-refractivity contribution is 5.80. The molecule has 20 heavy (non-hydrogen) atoms. The number of benzene rings is 1. The second-order valence-corrected chi connectivity index (χ2v) is 4.05. The lowest BCUT2D eigenvalue weighted by molar-refractivity contribution is -0.166. The lowest BCUT2D eigenvalue weighted by atomic mass is 10.1. The first-order valence-electron chi connectivity index (χ1n) is 6.08. The van der Waals surface area contributed by atoms with Gasteiger partial charge in [-0.2, -0.15) is 0 Å². The highest BCUT2D eigenvalue weighted by atomic mass is 16.6. The van der Waals surface area contributed by atoms with Gasteiger partial charge in [-0.1, -0.05) is 30.3 Å². The van der Waals surface area contributed by atoms with Crippen molar-refractivity contribution in [3.63, 3.8) is 0 Å². The summed E-state index contributed by atoms with van der Waals surface area (Å²) in [5.41, 5.74) is 0.505. The van der Waals surface area contributed by atoms with Gasteiger partial charge in [-0.15, -0.1) is 0 Å². The molecule has 6 nitrogen and oxygen atoms in total. The first-order chi connectivity index (χ1) is 9.54. The molecule has 0 aliphatic carbocycles. The van der Waals surface area contributed by atoms with Crippen LogP contribution in [0.25, 0.3) is 0 Å². The van der Waals surface area contributed by atoms with Crippen molar-refractivity contribution in [2.24, 2.45) is 0 Å². The van der Waals surface area contributed by atoms with Crippen LogP contribution < -0.4 is 0 Å². The Morgan fingerprint density at radius 1 is 1.15 bits per heavy atom. The Labute approximate surface area is 116 Å². The summed E-state index contributed by atoms with van der Waals surface area (Å²) in [6, 6.07) is 8.48. The minimum atomic E-state index is -1.13. The molecule has 1 N–H and O–H groups in total. The molecule has 0 saturated carbocycles. The fraction of sp³-hybridized carbons (Fsp3) is 0.357. The maximum atomic E-state index is 11.6. The predicted molar refractivity (Wildman–Crippen MR) is 68.8 cm³/mol. The second kappa shape index (κ2) is 7.93. The van der Waals surface area contributed by atoms with Crippen LogP contribution in [0.3, 0.4) is 0 Å². The maximum Gasteiger partial charge on any atom is 0.351 e. The summed E-state index contributed by atoms with van der Waals surface area (Å²) in [6.07, 6.45) is -1.15. The lowest BCUT2D eigenvalue weighted by Gasteiger charge is -2.15. The average Bonchev–Trinajstić information content (AvgIpc) is 2.44. The van der Waals surface area contributed by atoms with Crippen molar-refractivity contribution in [1.29, 1.82) is 0 Å². The van der Waals surface area contributed by atoms with Gasteiger partial charge in [0.1, 0.15) is 0 Å². The number of hydrogen-bond acceptors (Lipinski definition) is 5. The van der Waals surface area contributed by atoms with Crippen LogP contribution in [0.2, 0.25) is 0 Å². The zero-order valence-electron chi connectivity index (χ0n) is 11.1. The molecule has 1 aromatic rings. The molecule has 0 amide bonds. The van der Waals surface area contributed by atoms with Crippen LogP contribution in [0.4, 0.5) is 0 Å². The van der Waals surface area contributed by atoms with Crippen LogP contribution in [0, 0.1) is 0 Å². The number of carboxylic acids is 1. The highest BCUT2D eigenvalue weighted by Crippen LogP contribution is 2.19. The van der Waals surface area contributed by atoms with Crippen LogP contribution in [0.15, 0.2) is 30.3 Å². The fourth-order valence-electron chi connectivity index (χ4n) is 1.56. The zero-order valence-corrected chi connectivity index (χ0v) is 11.1. The van der Waals surface area contributed by atoms with Gasteiger partial charge in [0, 0.05) is 18.4 Å². The predicted octanol–water partition coefficient (Wildman–Crippen LogP) is 1.70. The van der Waals surface area contributed by atoms with E-state index < -0.39 is 24.0 Å². The molecule has 0 spiro atoms. The molecule has 1 aromatic carbocycles. The van der Waals surface area contributed by atoms with E-state index in [4.69, 9.17) is 9.84 Å². The Morgan fingerprint density at radius 3 is 2.35 bits per heavy atom. The Hall–Kier alpha value is -2.37. The van der Waals surface area contributed by atoms with Crippen molar-refractivity contribution in [2.75, 3.05) is 7.11 Å². The summed E-state index contributed by atoms with van der Waals surface area (Å²) in [4.78, 5) is 33.6. The summed E-state index contributed by atoms with van der Waals surface area (Å²) in [7, 11) is 1.20. The molecule has 6 heteroatoms. The third-order valence-electron chi connectivity index (χ3n) is 2.54. The summed E-state index contributed by atoms with van der Waals surface area (Å²) < 4.78 is 9.66. The molecule has 0 saturated heterocycles. The monoisotopic (exact) mass is 280 g/mol. The number of methoxy groups -OCH3 is 1. The molecule has 0 radical (unpaired) electrons. The van der Waals surface area contributed by atoms with E-state index in [-0.39, 0.29) is 19.3 Å². The second-order valence-electron chi connectivity index (χ2n) is 4.05. The quantitative estimate of drug-likeness (QED) is 0.764. The summed E-state index contributed by atoms with van der Waals surface area (Å²) in [5.74, 6) is -2.29. The molecule has 1 atom stereocenters. The first-order valence-corrected chi connectivity index (χ1v) is 6.08. The van der Waals surface area contributed by atoms with Crippen molar-refractivity contribution < 1.29 is 29.0 Å². The lowest BCUT2D eigenvalue weighted by Crippen LogP contribution is -2.21. The Balaban J connectivity index is 2.64. The minimum absolute atomic E-state index is 0.0629. The normalized spacial score (nSPS) is 11.4. The van der Waals surface area contributed by atoms with E-state index in [0.717, 1.165) is 0 Å². The molecule has 0 aliphatic rings. The molecule has 0 aliphatic heterocycles. The van der Waals surface area contributed by atoms with Crippen LogP contribution in [0.1, 0.15) is 30.9 Å². The summed E-state index contributed by atoms with van der Waals surface area (Å²) in [5, 5.41) is 8.49. The standard InChI is InChI=1S/C14H16O6/c1-19-14(18)13(10-6-3-2-4-7-10)20-12(17)9-5-8-11(15)16/h2-4,6-7,13H,5,8-9H2,1H3,(H,15,16). The van der Waals surface area contributed by atoms with Gasteiger partial charge in [-0.05, 0) is 6.42 Å². The zero-order chi connectivity index (χ0) is 15.0. The van der Waals surface area contributed by atoms with Gasteiger partial charge in [0.15, 0.2) is 0 Å². The largest absolute Gasteiger partial charge is 0.481 e. The van der Waals surface area contributed by atoms with E-state index in [0.29, 0.717) is 5.56 Å². The van der Waals surface area contributed by atoms with Gasteiger partial charge in [0.05, 0.1) is 7.11 Å². The number of rotatable bonds is 7. The summed E-state index contributed by atoms with van der Waals surface area (Å²) in [6.45, 7) is 0. The topological polar surface area (TPSA) is 89.9 Å². The van der Waals surface area contributed by atoms with E-state index >= 15 is 0 Å². The molecule has 108 valence electrons. The number of ether oxygens (including phenoxy) is 2. The fourth-order valence-corrected chi connectivity index (χ4v) is 1.56. The first kappa shape index (κ1) is 15.7. The molecule has 1 unspecified atom stereocenters. The van der Waals surface area contributed by atoms with Gasteiger partial charge in [-0.3, -0.25) is 9.59 Å². The van der Waals surface area contributed by atoms with Gasteiger partial charge in [0.25, 0.3) is 0 Å². The highest BCUT2D eigenvalue weighted by Gasteiger charge is 2.25. The van der Waals surface area contributed by atoms with Crippen LogP contribution in [0.5, 0.6) is 0 Å². The Morgan fingerprint density at radius 2 is 1.80 bits per heavy atom. The summed E-state index contributed by atoms with van der Waals surface area (Å²) >= 11 is 0. The Kier molecular flexibility index (Phi) is 6.22. The average molecular weight is 280 g/mol. The minimum Gasteiger partial charge on any atom is -0.481 e. The van der Waals surface area contributed by atoms with Crippen molar-refractivity contribution >= 4 is 17.9 Å². The number of carbonyl (C=O) groups is 3. The third kappa shape index (κ3) is 5.09. The smallest absolute Gasteiger partial charge is 0.351 e. The molecule has 0 fully saturated rings. The molecule has 0 bridgehead atoms. The molecule has 0 aromatic heterocycles. The van der Waals surface area contributed by atoms with E-state index in [2.05, 4.69) is 4.74 Å². The van der Waals surface area contributed by atoms with Gasteiger partial charge >= 0.3 is 17.9 Å². The maximum absolute atomic E-state index is 11.6. The third-order valence-corrected chi connectivity index (χ3v) is 2.54. The van der Waals surface area contributed by atoms with Crippen molar-refractivity contribution in [1.82, 2.24) is 0 Å². The van der Waals surface area contributed by atoms with E-state index in [1.165, 1.54) is 7.11 Å². The molecular formula is C14H16O6. The molecule has 0 heterocycles. The number of carboxylic acid groups (broad SMARTS) is 1. The number of esters is 2. The van der Waals surface area contributed by atoms with E-state index in [1.807, 2.05) is 0 Å². The van der Waals surface area contributed by atoms with Gasteiger partial charge in [0.2, 0.25) is 6.10 Å². The van der Waals surface area contributed by atoms with Crippen LogP contribution >= 0.6 is 0 Å².